The highest BCUT2D eigenvalue weighted by molar-refractivity contribution is 6.28. The highest BCUT2D eigenvalue weighted by atomic mass is 16.1. The SMILES string of the molecule is Nc1ccc(Nc2ccc3c(c2)C(=O)c2ccc(Nc4ccc(N)nc4)cc2C3=O)nc1. The molecule has 0 bridgehead atoms. The number of nitrogens with two attached hydrogens (primary N) is 2. The second-order valence-electron chi connectivity index (χ2n) is 7.38. The van der Waals surface area contributed by atoms with Gasteiger partial charge in [-0.05, 0) is 60.7 Å². The largest absolute Gasteiger partial charge is 0.397 e. The van der Waals surface area contributed by atoms with Crippen molar-refractivity contribution in [3.63, 3.8) is 0 Å². The summed E-state index contributed by atoms with van der Waals surface area (Å²) in [6.07, 6.45) is 3.14. The first-order chi connectivity index (χ1) is 15.5. The maximum absolute atomic E-state index is 13.2. The summed E-state index contributed by atoms with van der Waals surface area (Å²) in [5.41, 5.74) is 15.3. The number of benzene rings is 2. The molecule has 0 fully saturated rings. The zero-order valence-corrected chi connectivity index (χ0v) is 16.8. The number of hydrogen-bond donors (Lipinski definition) is 4. The smallest absolute Gasteiger partial charge is 0.194 e. The monoisotopic (exact) mass is 422 g/mol. The molecule has 0 amide bonds. The van der Waals surface area contributed by atoms with E-state index >= 15 is 0 Å². The molecule has 0 radical (unpaired) electrons. The Bertz CT molecular complexity index is 1260. The minimum atomic E-state index is -0.204. The third kappa shape index (κ3) is 3.50. The van der Waals surface area contributed by atoms with Crippen LogP contribution in [-0.4, -0.2) is 21.5 Å². The van der Waals surface area contributed by atoms with Crippen LogP contribution in [0.25, 0.3) is 0 Å². The zero-order valence-electron chi connectivity index (χ0n) is 16.8. The fraction of sp³-hybridized carbons (Fsp3) is 0. The van der Waals surface area contributed by atoms with E-state index in [0.717, 1.165) is 5.69 Å². The van der Waals surface area contributed by atoms with Crippen molar-refractivity contribution in [2.75, 3.05) is 22.1 Å². The lowest BCUT2D eigenvalue weighted by Crippen LogP contribution is -2.21. The first-order valence-electron chi connectivity index (χ1n) is 9.82. The van der Waals surface area contributed by atoms with Crippen molar-refractivity contribution < 1.29 is 9.59 Å². The number of carbonyl (C=O) groups is 2. The quantitative estimate of drug-likeness (QED) is 0.342. The molecule has 8 heteroatoms. The average molecular weight is 422 g/mol. The Morgan fingerprint density at radius 1 is 0.594 bits per heavy atom. The zero-order chi connectivity index (χ0) is 22.2. The predicted octanol–water partition coefficient (Wildman–Crippen LogP) is 3.90. The van der Waals surface area contributed by atoms with Crippen LogP contribution >= 0.6 is 0 Å². The van der Waals surface area contributed by atoms with E-state index in [1.54, 1.807) is 66.9 Å². The number of pyridine rings is 2. The lowest BCUT2D eigenvalue weighted by Gasteiger charge is -2.19. The van der Waals surface area contributed by atoms with E-state index in [9.17, 15) is 9.59 Å². The van der Waals surface area contributed by atoms with E-state index in [2.05, 4.69) is 20.6 Å². The van der Waals surface area contributed by atoms with Crippen LogP contribution < -0.4 is 22.1 Å². The van der Waals surface area contributed by atoms with Gasteiger partial charge in [0.1, 0.15) is 11.6 Å². The van der Waals surface area contributed by atoms with E-state index in [1.807, 2.05) is 0 Å². The number of nitrogen functional groups attached to an aromatic ring is 2. The molecule has 4 aromatic rings. The highest BCUT2D eigenvalue weighted by Gasteiger charge is 2.30. The topological polar surface area (TPSA) is 136 Å². The lowest BCUT2D eigenvalue weighted by atomic mass is 9.83. The highest BCUT2D eigenvalue weighted by Crippen LogP contribution is 2.32. The molecule has 6 N–H and O–H groups in total. The number of ketones is 2. The first-order valence-corrected chi connectivity index (χ1v) is 9.82. The van der Waals surface area contributed by atoms with Crippen LogP contribution in [0.1, 0.15) is 31.8 Å². The Hall–Kier alpha value is -4.72. The maximum Gasteiger partial charge on any atom is 0.194 e. The van der Waals surface area contributed by atoms with Crippen molar-refractivity contribution in [2.45, 2.75) is 0 Å². The molecule has 0 unspecified atom stereocenters. The van der Waals surface area contributed by atoms with Gasteiger partial charge in [0.15, 0.2) is 11.6 Å². The molecule has 1 aliphatic rings. The summed E-state index contributed by atoms with van der Waals surface area (Å²) in [7, 11) is 0. The molecule has 0 saturated carbocycles. The molecule has 2 heterocycles. The van der Waals surface area contributed by atoms with Gasteiger partial charge in [0.25, 0.3) is 0 Å². The van der Waals surface area contributed by atoms with Gasteiger partial charge in [0.2, 0.25) is 0 Å². The Morgan fingerprint density at radius 3 is 1.78 bits per heavy atom. The van der Waals surface area contributed by atoms with Crippen LogP contribution in [0, 0.1) is 0 Å². The van der Waals surface area contributed by atoms with Gasteiger partial charge in [-0.1, -0.05) is 0 Å². The molecule has 0 atom stereocenters. The summed E-state index contributed by atoms with van der Waals surface area (Å²) < 4.78 is 0. The normalized spacial score (nSPS) is 12.1. The Labute approximate surface area is 183 Å². The summed E-state index contributed by atoms with van der Waals surface area (Å²) in [4.78, 5) is 34.5. The fourth-order valence-corrected chi connectivity index (χ4v) is 3.58. The number of carbonyl (C=O) groups excluding carboxylic acids is 2. The molecule has 1 aliphatic carbocycles. The molecule has 2 aromatic heterocycles. The Balaban J connectivity index is 1.45. The van der Waals surface area contributed by atoms with Crippen LogP contribution in [0.2, 0.25) is 0 Å². The minimum Gasteiger partial charge on any atom is -0.397 e. The van der Waals surface area contributed by atoms with Gasteiger partial charge in [-0.25, -0.2) is 9.97 Å². The van der Waals surface area contributed by atoms with E-state index < -0.39 is 0 Å². The van der Waals surface area contributed by atoms with Crippen LogP contribution in [-0.2, 0) is 0 Å². The molecule has 0 spiro atoms. The van der Waals surface area contributed by atoms with Gasteiger partial charge in [-0.15, -0.1) is 0 Å². The van der Waals surface area contributed by atoms with E-state index in [-0.39, 0.29) is 11.6 Å². The van der Waals surface area contributed by atoms with Crippen molar-refractivity contribution in [1.82, 2.24) is 9.97 Å². The van der Waals surface area contributed by atoms with Gasteiger partial charge in [0.05, 0.1) is 23.8 Å². The van der Waals surface area contributed by atoms with E-state index in [1.165, 1.54) is 6.20 Å². The lowest BCUT2D eigenvalue weighted by molar-refractivity contribution is 0.0979. The van der Waals surface area contributed by atoms with Gasteiger partial charge >= 0.3 is 0 Å². The van der Waals surface area contributed by atoms with Crippen LogP contribution in [0.5, 0.6) is 0 Å². The molecule has 8 nitrogen and oxygen atoms in total. The van der Waals surface area contributed by atoms with E-state index in [0.29, 0.717) is 51.0 Å². The molecule has 156 valence electrons. The predicted molar refractivity (Wildman–Crippen MR) is 124 cm³/mol. The van der Waals surface area contributed by atoms with Crippen LogP contribution in [0.4, 0.5) is 34.4 Å². The van der Waals surface area contributed by atoms with Crippen molar-refractivity contribution in [3.8, 4) is 0 Å². The van der Waals surface area contributed by atoms with Gasteiger partial charge in [-0.3, -0.25) is 9.59 Å². The number of aromatic nitrogens is 2. The summed E-state index contributed by atoms with van der Waals surface area (Å²) in [6, 6.07) is 17.1. The number of nitrogens with one attached hydrogen (secondary N) is 2. The van der Waals surface area contributed by atoms with Crippen molar-refractivity contribution >= 4 is 46.0 Å². The Kier molecular flexibility index (Phi) is 4.52. The second-order valence-corrected chi connectivity index (χ2v) is 7.38. The van der Waals surface area contributed by atoms with Crippen LogP contribution in [0.15, 0.2) is 73.1 Å². The molecular formula is C24H18N6O2. The summed E-state index contributed by atoms with van der Waals surface area (Å²) in [5, 5.41) is 6.30. The number of anilines is 6. The van der Waals surface area contributed by atoms with Gasteiger partial charge < -0.3 is 22.1 Å². The third-order valence-corrected chi connectivity index (χ3v) is 5.15. The number of rotatable bonds is 4. The molecule has 2 aromatic carbocycles. The summed E-state index contributed by atoms with van der Waals surface area (Å²) in [5.74, 6) is 0.594. The number of fused-ring (bicyclic) bond motifs is 2. The van der Waals surface area contributed by atoms with E-state index in [4.69, 9.17) is 11.5 Å². The first kappa shape index (κ1) is 19.3. The fourth-order valence-electron chi connectivity index (χ4n) is 3.58. The molecule has 5 rings (SSSR count). The number of hydrogen-bond acceptors (Lipinski definition) is 8. The number of nitrogens with zero attached hydrogens (tertiary/aromatic N) is 2. The van der Waals surface area contributed by atoms with Crippen molar-refractivity contribution in [3.05, 3.63) is 95.3 Å². The minimum absolute atomic E-state index is 0.203. The maximum atomic E-state index is 13.2. The van der Waals surface area contributed by atoms with Crippen LogP contribution in [0.3, 0.4) is 0 Å². The van der Waals surface area contributed by atoms with Gasteiger partial charge in [-0.2, -0.15) is 0 Å². The standard InChI is InChI=1S/C24H18N6O2/c25-13-1-8-22(28-11-13)30-15-3-6-18-20(10-15)24(32)17-5-2-14(9-19(17)23(18)31)29-16-4-7-21(26)27-12-16/h1-12,29H,25H2,(H2,26,27)(H,28,30). The molecule has 0 saturated heterocycles. The average Bonchev–Trinajstić information content (AvgIpc) is 2.80. The van der Waals surface area contributed by atoms with Gasteiger partial charge in [0, 0.05) is 33.6 Å². The van der Waals surface area contributed by atoms with Crippen molar-refractivity contribution in [2.24, 2.45) is 0 Å². The molecule has 32 heavy (non-hydrogen) atoms. The molecular weight excluding hydrogens is 404 g/mol. The third-order valence-electron chi connectivity index (χ3n) is 5.15. The second kappa shape index (κ2) is 7.51. The Morgan fingerprint density at radius 2 is 1.22 bits per heavy atom. The summed E-state index contributed by atoms with van der Waals surface area (Å²) >= 11 is 0. The van der Waals surface area contributed by atoms with Crippen molar-refractivity contribution in [1.29, 1.82) is 0 Å². The molecule has 0 aliphatic heterocycles. The summed E-state index contributed by atoms with van der Waals surface area (Å²) in [6.45, 7) is 0.